The molecule has 0 saturated carbocycles. The second-order valence-corrected chi connectivity index (χ2v) is 23.3. The molecule has 9 rings (SSSR count). The predicted molar refractivity (Wildman–Crippen MR) is 268 cm³/mol. The number of benzene rings is 5. The topological polar surface area (TPSA) is 56.7 Å². The Morgan fingerprint density at radius 2 is 1.52 bits per heavy atom. The molecule has 0 saturated heterocycles. The first-order chi connectivity index (χ1) is 33.3. The number of aryl methyl sites for hydroxylation is 3. The monoisotopic (exact) mass is 1050 g/mol. The van der Waals surface area contributed by atoms with E-state index in [-0.39, 0.29) is 49.0 Å². The molecule has 0 spiro atoms. The van der Waals surface area contributed by atoms with Crippen molar-refractivity contribution in [3.8, 4) is 39.5 Å². The number of fused-ring (bicyclic) bond motifs is 4. The van der Waals surface area contributed by atoms with E-state index in [1.165, 1.54) is 28.3 Å². The molecule has 329 valence electrons. The van der Waals surface area contributed by atoms with E-state index in [2.05, 4.69) is 110 Å². The number of imidazole rings is 1. The van der Waals surface area contributed by atoms with Crippen LogP contribution in [0.4, 0.5) is 0 Å². The van der Waals surface area contributed by atoms with E-state index < -0.39 is 28.2 Å². The molecule has 0 fully saturated rings. The van der Waals surface area contributed by atoms with Crippen molar-refractivity contribution in [3.05, 3.63) is 161 Å². The van der Waals surface area contributed by atoms with Gasteiger partial charge in [0.2, 0.25) is 0 Å². The molecule has 7 heteroatoms. The van der Waals surface area contributed by atoms with Crippen molar-refractivity contribution in [1.29, 1.82) is 0 Å². The van der Waals surface area contributed by atoms with Crippen LogP contribution in [0.5, 0.6) is 0 Å². The van der Waals surface area contributed by atoms with Gasteiger partial charge in [-0.25, -0.2) is 0 Å². The normalized spacial score (nSPS) is 14.3. The molecule has 0 aliphatic carbocycles. The SMILES string of the molecule is [2H]C([2H])([2H])c1c[c-]c(-c2cc(C([2H])([2H])C(C)C)c([Si](C)(C)C)cn2)cc1.[2H]C([2H])([2H])c1c[c-]c(-c2nc3ccnc(C)c3n2-c2c(C(C)C)cc(-c3ccccc3)cc2C(C)C)c2oc3ccccc3c12.[Ir]. The van der Waals surface area contributed by atoms with Crippen molar-refractivity contribution in [2.45, 2.75) is 100 Å². The third-order valence-electron chi connectivity index (χ3n) is 11.4. The summed E-state index contributed by atoms with van der Waals surface area (Å²) in [6.07, 6.45) is 2.11. The summed E-state index contributed by atoms with van der Waals surface area (Å²) >= 11 is 0. The Morgan fingerprint density at radius 3 is 2.16 bits per heavy atom. The molecule has 4 heterocycles. The van der Waals surface area contributed by atoms with Gasteiger partial charge in [-0.15, -0.1) is 53.1 Å². The van der Waals surface area contributed by atoms with E-state index in [9.17, 15) is 0 Å². The molecule has 5 aromatic carbocycles. The van der Waals surface area contributed by atoms with Gasteiger partial charge in [0.25, 0.3) is 0 Å². The molecular formula is C57H60IrN4OSi-2. The van der Waals surface area contributed by atoms with Gasteiger partial charge < -0.3 is 14.0 Å². The molecule has 5 nitrogen and oxygen atoms in total. The number of furan rings is 1. The number of rotatable bonds is 9. The Kier molecular flexibility index (Phi) is 10.9. The van der Waals surface area contributed by atoms with Crippen LogP contribution in [0.25, 0.3) is 72.4 Å². The largest absolute Gasteiger partial charge is 0.501 e. The van der Waals surface area contributed by atoms with Gasteiger partial charge >= 0.3 is 0 Å². The molecule has 64 heavy (non-hydrogen) atoms. The molecule has 9 aromatic rings. The number of para-hydroxylation sites is 1. The molecule has 0 bridgehead atoms. The zero-order valence-electron chi connectivity index (χ0n) is 46.2. The van der Waals surface area contributed by atoms with E-state index in [1.54, 1.807) is 30.6 Å². The average Bonchev–Trinajstić information content (AvgIpc) is 3.90. The van der Waals surface area contributed by atoms with Crippen molar-refractivity contribution >= 4 is 46.2 Å². The number of hydrogen-bond acceptors (Lipinski definition) is 4. The standard InChI is InChI=1S/C38H34N3O.C19H26NSi.Ir/c1-22(2)30-20-27(26-12-8-7-9-13-26)21-31(23(3)4)36(30)41-35-25(6)39-19-18-32(35)40-38(41)29-17-16-24(5)34-28-14-10-11-15-33(28)42-37(29)34;1-14(2)11-17-12-18(16-9-7-15(3)8-10-16)20-13-19(17)21(4,5)6;/h7-16,18-23H,1-6H3;7-9,12-14H,11H2,1-6H3;/q2*-1;/i5D3;3D3,11D2;. The maximum absolute atomic E-state index is 8.59. The molecule has 0 amide bonds. The van der Waals surface area contributed by atoms with Crippen molar-refractivity contribution in [1.82, 2.24) is 19.5 Å². The van der Waals surface area contributed by atoms with Gasteiger partial charge in [0.05, 0.1) is 36.2 Å². The second kappa shape index (κ2) is 18.9. The van der Waals surface area contributed by atoms with Crippen molar-refractivity contribution in [2.75, 3.05) is 0 Å². The minimum atomic E-state index is -2.34. The summed E-state index contributed by atoms with van der Waals surface area (Å²) in [4.78, 5) is 14.4. The van der Waals surface area contributed by atoms with Crippen LogP contribution in [-0.2, 0) is 26.5 Å². The molecule has 0 aliphatic rings. The van der Waals surface area contributed by atoms with Gasteiger partial charge in [-0.1, -0.05) is 146 Å². The molecule has 4 aromatic heterocycles. The number of hydrogen-bond donors (Lipinski definition) is 0. The maximum Gasteiger partial charge on any atom is 0.120 e. The quantitative estimate of drug-likeness (QED) is 0.107. The number of pyridine rings is 2. The van der Waals surface area contributed by atoms with Gasteiger partial charge in [-0.05, 0) is 88.5 Å². The Bertz CT molecular complexity index is 3380. The van der Waals surface area contributed by atoms with E-state index >= 15 is 0 Å². The van der Waals surface area contributed by atoms with Crippen LogP contribution in [0.1, 0.15) is 97.9 Å². The zero-order chi connectivity index (χ0) is 51.5. The second-order valence-electron chi connectivity index (χ2n) is 18.2. The van der Waals surface area contributed by atoms with Crippen LogP contribution in [0, 0.1) is 38.7 Å². The van der Waals surface area contributed by atoms with E-state index in [4.69, 9.17) is 20.4 Å². The third kappa shape index (κ3) is 9.22. The van der Waals surface area contributed by atoms with Crippen LogP contribution >= 0.6 is 0 Å². The Morgan fingerprint density at radius 1 is 0.797 bits per heavy atom. The molecule has 0 atom stereocenters. The summed E-state index contributed by atoms with van der Waals surface area (Å²) in [5.74, 6) is 0.849. The first-order valence-electron chi connectivity index (χ1n) is 25.8. The van der Waals surface area contributed by atoms with Gasteiger partial charge in [-0.3, -0.25) is 9.97 Å². The summed E-state index contributed by atoms with van der Waals surface area (Å²) in [6.45, 7) is 16.7. The fourth-order valence-corrected chi connectivity index (χ4v) is 9.74. The van der Waals surface area contributed by atoms with Gasteiger partial charge in [0.15, 0.2) is 0 Å². The molecule has 0 N–H and O–H groups in total. The number of aromatic nitrogens is 4. The minimum Gasteiger partial charge on any atom is -0.501 e. The fourth-order valence-electron chi connectivity index (χ4n) is 8.33. The first-order valence-corrected chi connectivity index (χ1v) is 25.3. The van der Waals surface area contributed by atoms with E-state index in [1.807, 2.05) is 63.2 Å². The summed E-state index contributed by atoms with van der Waals surface area (Å²) in [6, 6.07) is 39.0. The fraction of sp³-hybridized carbons (Fsp3) is 0.281. The van der Waals surface area contributed by atoms with Crippen molar-refractivity contribution < 1.29 is 35.5 Å². The molecule has 1 radical (unpaired) electrons. The summed E-state index contributed by atoms with van der Waals surface area (Å²) in [7, 11) is -1.78. The van der Waals surface area contributed by atoms with Gasteiger partial charge in [-0.2, -0.15) is 0 Å². The third-order valence-corrected chi connectivity index (χ3v) is 13.4. The van der Waals surface area contributed by atoms with Crippen LogP contribution in [0.15, 0.2) is 120 Å². The van der Waals surface area contributed by atoms with Crippen LogP contribution in [-0.4, -0.2) is 27.6 Å². The zero-order valence-corrected chi connectivity index (χ0v) is 41.6. The maximum atomic E-state index is 8.59. The Hall–Kier alpha value is -5.46. The van der Waals surface area contributed by atoms with Crippen LogP contribution in [0.3, 0.4) is 0 Å². The van der Waals surface area contributed by atoms with E-state index in [0.29, 0.717) is 44.8 Å². The van der Waals surface area contributed by atoms with Crippen molar-refractivity contribution in [3.63, 3.8) is 0 Å². The average molecular weight is 1050 g/mol. The van der Waals surface area contributed by atoms with Crippen molar-refractivity contribution in [2.24, 2.45) is 5.92 Å². The molecule has 0 unspecified atom stereocenters. The Balaban J connectivity index is 0.000000241. The summed E-state index contributed by atoms with van der Waals surface area (Å²) in [5, 5.41) is 2.34. The van der Waals surface area contributed by atoms with Gasteiger partial charge in [0.1, 0.15) is 5.58 Å². The molecular weight excluding hydrogens is 977 g/mol. The van der Waals surface area contributed by atoms with Gasteiger partial charge in [0, 0.05) is 54.5 Å². The summed E-state index contributed by atoms with van der Waals surface area (Å²) < 4.78 is 73.2. The molecule has 0 aliphatic heterocycles. The van der Waals surface area contributed by atoms with Crippen LogP contribution < -0.4 is 5.19 Å². The minimum absolute atomic E-state index is 0. The predicted octanol–water partition coefficient (Wildman–Crippen LogP) is 14.9. The first kappa shape index (κ1) is 36.8. The van der Waals surface area contributed by atoms with E-state index in [0.717, 1.165) is 33.0 Å². The smallest absolute Gasteiger partial charge is 0.120 e. The van der Waals surface area contributed by atoms with Crippen LogP contribution in [0.2, 0.25) is 19.6 Å². The Labute approximate surface area is 406 Å². The summed E-state index contributed by atoms with van der Waals surface area (Å²) in [5.41, 5.74) is 12.4. The number of nitrogens with zero attached hydrogens (tertiary/aromatic N) is 4.